The van der Waals surface area contributed by atoms with Gasteiger partial charge in [0.25, 0.3) is 0 Å². The Morgan fingerprint density at radius 1 is 0.788 bits per heavy atom. The highest BCUT2D eigenvalue weighted by molar-refractivity contribution is 7.22. The van der Waals surface area contributed by atoms with E-state index in [0.717, 1.165) is 56.1 Å². The number of benzene rings is 3. The minimum atomic E-state index is -0.326. The number of likely N-dealkylation sites (tertiary alicyclic amines) is 2. The zero-order valence-corrected chi connectivity index (χ0v) is 30.3. The quantitative estimate of drug-likeness (QED) is 0.134. The Morgan fingerprint density at radius 3 is 2.17 bits per heavy atom. The molecule has 13 heteroatoms. The monoisotopic (exact) mass is 739 g/mol. The third-order valence-electron chi connectivity index (χ3n) is 8.70. The summed E-state index contributed by atoms with van der Waals surface area (Å²) in [6.45, 7) is 6.09. The van der Waals surface area contributed by atoms with Crippen molar-refractivity contribution in [3.8, 4) is 40.5 Å². The molecule has 2 fully saturated rings. The first-order valence-corrected chi connectivity index (χ1v) is 17.6. The first-order chi connectivity index (χ1) is 23.5. The Labute approximate surface area is 309 Å². The van der Waals surface area contributed by atoms with Gasteiger partial charge < -0.3 is 46.7 Å². The summed E-state index contributed by atoms with van der Waals surface area (Å²) in [5.41, 5.74) is 8.89. The van der Waals surface area contributed by atoms with E-state index >= 15 is 0 Å². The van der Waals surface area contributed by atoms with Crippen LogP contribution in [-0.4, -0.2) is 96.1 Å². The maximum absolute atomic E-state index is 11.9. The van der Waals surface area contributed by atoms with Crippen LogP contribution in [0.2, 0.25) is 0 Å². The van der Waals surface area contributed by atoms with Crippen molar-refractivity contribution < 1.29 is 45.7 Å². The van der Waals surface area contributed by atoms with Crippen molar-refractivity contribution in [2.24, 2.45) is 5.73 Å². The van der Waals surface area contributed by atoms with Gasteiger partial charge in [-0.1, -0.05) is 30.3 Å². The molecular weight excluding hydrogens is 687 g/mol. The first-order valence-electron chi connectivity index (χ1n) is 16.8. The van der Waals surface area contributed by atoms with Crippen LogP contribution in [0.25, 0.3) is 20.5 Å². The molecule has 3 heterocycles. The molecule has 0 bridgehead atoms. The van der Waals surface area contributed by atoms with Crippen molar-refractivity contribution >= 4 is 33.2 Å². The fourth-order valence-corrected chi connectivity index (χ4v) is 7.45. The molecule has 1 aromatic heterocycles. The lowest BCUT2D eigenvalue weighted by Gasteiger charge is -2.17. The molecule has 52 heavy (non-hydrogen) atoms. The van der Waals surface area contributed by atoms with E-state index in [0.29, 0.717) is 45.0 Å². The number of terminal acetylenes is 1. The molecule has 2 aliphatic heterocycles. The molecule has 2 amide bonds. The van der Waals surface area contributed by atoms with Crippen LogP contribution in [-0.2, 0) is 16.0 Å². The molecule has 0 saturated carbocycles. The van der Waals surface area contributed by atoms with Gasteiger partial charge in [0, 0.05) is 35.5 Å². The molecule has 0 spiro atoms. The zero-order valence-electron chi connectivity index (χ0n) is 29.5. The van der Waals surface area contributed by atoms with E-state index < -0.39 is 0 Å². The van der Waals surface area contributed by atoms with E-state index in [4.69, 9.17) is 19.9 Å². The molecule has 2 saturated heterocycles. The number of nitrogens with zero attached hydrogens (tertiary/aromatic N) is 2. The second-order valence-electron chi connectivity index (χ2n) is 12.0. The molecule has 0 atom stereocenters. The number of fused-ring (bicyclic) bond motifs is 1. The molecule has 4 aromatic rings. The van der Waals surface area contributed by atoms with E-state index in [1.807, 2.05) is 23.1 Å². The molecule has 3 aromatic carbocycles. The van der Waals surface area contributed by atoms with E-state index in [-0.39, 0.29) is 40.1 Å². The lowest BCUT2D eigenvalue weighted by atomic mass is 9.98. The van der Waals surface area contributed by atoms with Crippen LogP contribution in [0.15, 0.2) is 66.7 Å². The molecule has 0 aliphatic carbocycles. The van der Waals surface area contributed by atoms with Gasteiger partial charge in [-0.3, -0.25) is 14.5 Å². The summed E-state index contributed by atoms with van der Waals surface area (Å²) in [6, 6.07) is 23.0. The summed E-state index contributed by atoms with van der Waals surface area (Å²) in [5.74, 6) is 2.11. The van der Waals surface area contributed by atoms with E-state index in [1.165, 1.54) is 38.9 Å². The smallest absolute Gasteiger partial charge is 0.222 e. The predicted octanol–water partition coefficient (Wildman–Crippen LogP) is 3.23. The third-order valence-corrected chi connectivity index (χ3v) is 9.96. The van der Waals surface area contributed by atoms with E-state index in [1.54, 1.807) is 11.3 Å². The number of nitrogens with two attached hydrogens (primary N) is 1. The molecule has 2 aliphatic rings. The van der Waals surface area contributed by atoms with Gasteiger partial charge in [-0.25, -0.2) is 0 Å². The van der Waals surface area contributed by atoms with Crippen molar-refractivity contribution in [1.82, 2.24) is 9.80 Å². The summed E-state index contributed by atoms with van der Waals surface area (Å²) in [5, 5.41) is 1.24. The SMILES string of the molecule is C#C.NC(=O)CCCOc1cc(-c2sc3ccccc3c2Cc2ccc(OCCN3CCCC3=O)cc2)ccc1OCCN1CCCC1.O.O.O.O. The number of amides is 2. The van der Waals surface area contributed by atoms with Gasteiger partial charge in [0.1, 0.15) is 19.0 Å². The first kappa shape index (κ1) is 45.3. The van der Waals surface area contributed by atoms with Gasteiger partial charge in [0.15, 0.2) is 11.5 Å². The molecule has 12 nitrogen and oxygen atoms in total. The average Bonchev–Trinajstić information content (AvgIpc) is 3.86. The summed E-state index contributed by atoms with van der Waals surface area (Å²) in [4.78, 5) is 28.7. The summed E-state index contributed by atoms with van der Waals surface area (Å²) < 4.78 is 19.6. The van der Waals surface area contributed by atoms with Crippen molar-refractivity contribution in [2.45, 2.75) is 44.9 Å². The van der Waals surface area contributed by atoms with Crippen molar-refractivity contribution in [1.29, 1.82) is 0 Å². The van der Waals surface area contributed by atoms with Gasteiger partial charge in [0.05, 0.1) is 13.2 Å². The van der Waals surface area contributed by atoms with Gasteiger partial charge in [-0.05, 0) is 104 Å². The lowest BCUT2D eigenvalue weighted by Crippen LogP contribution is -2.29. The van der Waals surface area contributed by atoms with Crippen LogP contribution in [0.5, 0.6) is 17.2 Å². The highest BCUT2D eigenvalue weighted by Crippen LogP contribution is 2.42. The second-order valence-corrected chi connectivity index (χ2v) is 13.1. The standard InChI is InChI=1S/C37H43N3O5S.C2H2.4H2O/c38-35(41)9-6-22-44-33-26-28(13-16-32(33)45-23-20-39-17-3-4-18-39)37-31(30-7-1-2-8-34(30)46-37)25-27-11-14-29(15-12-27)43-24-21-40-19-5-10-36(40)42;1-2;;;;/h1-2,7-8,11-16,26H,3-6,9-10,17-25H2,(H2,38,41);1-2H;4*1H2. The third kappa shape index (κ3) is 12.2. The number of ether oxygens (including phenoxy) is 3. The number of carbonyl (C=O) groups is 2. The summed E-state index contributed by atoms with van der Waals surface area (Å²) in [7, 11) is 0. The molecule has 10 N–H and O–H groups in total. The lowest BCUT2D eigenvalue weighted by molar-refractivity contribution is -0.128. The van der Waals surface area contributed by atoms with Crippen LogP contribution >= 0.6 is 11.3 Å². The van der Waals surface area contributed by atoms with Crippen molar-refractivity contribution in [3.63, 3.8) is 0 Å². The largest absolute Gasteiger partial charge is 0.492 e. The van der Waals surface area contributed by atoms with E-state index in [9.17, 15) is 9.59 Å². The predicted molar refractivity (Wildman–Crippen MR) is 207 cm³/mol. The van der Waals surface area contributed by atoms with E-state index in [2.05, 4.69) is 66.3 Å². The van der Waals surface area contributed by atoms with Gasteiger partial charge in [-0.15, -0.1) is 24.2 Å². The molecule has 0 radical (unpaired) electrons. The fourth-order valence-electron chi connectivity index (χ4n) is 6.23. The Kier molecular flexibility index (Phi) is 20.1. The molecule has 6 rings (SSSR count). The number of hydrogen-bond acceptors (Lipinski definition) is 7. The fraction of sp³-hybridized carbons (Fsp3) is 0.385. The Bertz CT molecular complexity index is 1690. The van der Waals surface area contributed by atoms with Gasteiger partial charge in [-0.2, -0.15) is 0 Å². The Hall–Kier alpha value is -4.68. The minimum absolute atomic E-state index is 0. The zero-order chi connectivity index (χ0) is 33.7. The van der Waals surface area contributed by atoms with Crippen LogP contribution in [0.1, 0.15) is 49.7 Å². The molecular formula is C39H53N3O9S. The maximum Gasteiger partial charge on any atom is 0.222 e. The summed E-state index contributed by atoms with van der Waals surface area (Å²) in [6.07, 6.45) is 13.7. The highest BCUT2D eigenvalue weighted by atomic mass is 32.1. The normalized spacial score (nSPS) is 13.4. The number of hydrogen-bond donors (Lipinski definition) is 1. The van der Waals surface area contributed by atoms with Crippen LogP contribution < -0.4 is 19.9 Å². The number of carbonyl (C=O) groups excluding carboxylic acids is 2. The van der Waals surface area contributed by atoms with Crippen molar-refractivity contribution in [3.05, 3.63) is 77.9 Å². The Balaban J connectivity index is 0.00000222. The maximum atomic E-state index is 11.9. The van der Waals surface area contributed by atoms with Gasteiger partial charge >= 0.3 is 0 Å². The minimum Gasteiger partial charge on any atom is -0.492 e. The van der Waals surface area contributed by atoms with Gasteiger partial charge in [0.2, 0.25) is 11.8 Å². The van der Waals surface area contributed by atoms with Crippen LogP contribution in [0.3, 0.4) is 0 Å². The Morgan fingerprint density at radius 2 is 1.48 bits per heavy atom. The highest BCUT2D eigenvalue weighted by Gasteiger charge is 2.20. The topological polar surface area (TPSA) is 220 Å². The number of rotatable bonds is 16. The van der Waals surface area contributed by atoms with Crippen LogP contribution in [0, 0.1) is 12.8 Å². The molecule has 0 unspecified atom stereocenters. The average molecular weight is 740 g/mol. The molecule has 284 valence electrons. The number of primary amides is 1. The van der Waals surface area contributed by atoms with Crippen LogP contribution in [0.4, 0.5) is 0 Å². The second kappa shape index (κ2) is 23.0. The van der Waals surface area contributed by atoms with Crippen molar-refractivity contribution in [2.75, 3.05) is 52.5 Å². The summed E-state index contributed by atoms with van der Waals surface area (Å²) >= 11 is 1.78. The number of thiophene rings is 1.